The Morgan fingerprint density at radius 3 is 1.45 bits per heavy atom. The Morgan fingerprint density at radius 1 is 0.462 bits per heavy atom. The number of halogens is 1. The number of H-pyrrole nitrogens is 2. The molecule has 3 saturated heterocycles. The molecule has 4 aliphatic heterocycles. The minimum absolute atomic E-state index is 0.00986. The predicted molar refractivity (Wildman–Crippen MR) is 479 cm³/mol. The van der Waals surface area contributed by atoms with Crippen molar-refractivity contribution >= 4 is 74.2 Å². The van der Waals surface area contributed by atoms with Crippen LogP contribution in [0.15, 0.2) is 137 Å². The molecule has 0 spiro atoms. The van der Waals surface area contributed by atoms with Crippen molar-refractivity contribution in [1.82, 2.24) is 29.7 Å². The Labute approximate surface area is 705 Å². The highest BCUT2D eigenvalue weighted by Gasteiger charge is 2.53. The number of aliphatic imine (C=N–C) groups is 1. The number of ether oxygens (including phenoxy) is 2. The van der Waals surface area contributed by atoms with Crippen molar-refractivity contribution in [2.75, 3.05) is 0 Å². The molecule has 15 heteroatoms. The smallest absolute Gasteiger partial charge is 0.444 e. The molecular weight excluding hydrogens is 1510 g/mol. The molecule has 117 heavy (non-hydrogen) atoms. The Morgan fingerprint density at radius 2 is 0.906 bits per heavy atom. The van der Waals surface area contributed by atoms with Gasteiger partial charge in [0.2, 0.25) is 0 Å². The standard InChI is InChI=1S/C56H67N5O2.C27H39BN2O4.C19H21Br/c1-56(2,3)63-55(62)61-51-19-11-10-18-43(51)34-52(61)54-58-48-27-25-42(33-50(48)60-54)46-29-36-13-4-6-14-37-22-20-35(12-5-7-15-38(46)23-21-36)28-45(37)41-24-26-47-49(32-41)59-53(57-47)44-30-39-16-8-9-17-40(39)31-44;1-25(2,3)32-24(31)30-22-11-9-8-10-18(22)15-23(30)21-14-17-12-13-19(16-20(17)29-21)28-33-26(4,5)27(6,7)34-28;1-14-12-15-4-3-7-18-11-9-16(13-19(18)20)5-2-6-17(14)10-8-15/h20-29,32-33,39-40,43-44,51-52H,4-19,30-31,34H2,1-3H3,(H,57,59)(H,58,60);12-13,16,18,22-23H,8-11,14-15H2,1-7H3;8-13H,2-7H2,1H3/t39-,40+,43-,44?,51-,52-;18-,22-,23-;/m00./s1. The first-order chi connectivity index (χ1) is 56.3. The maximum atomic E-state index is 13.7. The van der Waals surface area contributed by atoms with Gasteiger partial charge in [-0.2, -0.15) is 0 Å². The molecule has 16 aliphatic rings. The van der Waals surface area contributed by atoms with Gasteiger partial charge in [-0.25, -0.2) is 19.6 Å². The molecule has 2 amide bonds. The Bertz CT molecular complexity index is 5070. The number of imidazole rings is 2. The van der Waals surface area contributed by atoms with Crippen molar-refractivity contribution in [3.05, 3.63) is 199 Å². The molecule has 2 N–H and O–H groups in total. The Balaban J connectivity index is 0.000000150. The molecule has 8 bridgehead atoms. The van der Waals surface area contributed by atoms with Gasteiger partial charge in [-0.3, -0.25) is 14.8 Å². The number of nitrogens with zero attached hydrogens (tertiary/aromatic N) is 5. The first kappa shape index (κ1) is 81.5. The molecule has 616 valence electrons. The SMILES string of the molecule is CC(C)(C)OC(=O)N1[C@H](C2=Nc3cc(B4OC(C)(C)C(C)(C)O4)ccc3C2)C[C@@H]2CCCC[C@@H]21.CC(C)(C)OC(=O)N1[C@H](c2nc3ccc(-c4cc5ccc4CCCCc4ccc(c(-c6ccc7nc(C8C[C@H]9CCCC[C@H]9C8)[nH]c7c6)c4)CCCC5)cc3[nH]2)C[C@@H]2CCCC[C@@H]21.Cc1cc2ccc1CCCc1ccc(c(Br)c1)CCC2. The lowest BCUT2D eigenvalue weighted by Crippen LogP contribution is -2.48. The maximum Gasteiger partial charge on any atom is 0.494 e. The highest BCUT2D eigenvalue weighted by molar-refractivity contribution is 9.10. The van der Waals surface area contributed by atoms with E-state index in [1.54, 1.807) is 0 Å². The van der Waals surface area contributed by atoms with Gasteiger partial charge in [-0.05, 0) is 361 Å². The van der Waals surface area contributed by atoms with Gasteiger partial charge in [0.15, 0.2) is 0 Å². The molecule has 2 aromatic heterocycles. The van der Waals surface area contributed by atoms with Crippen LogP contribution in [0.4, 0.5) is 15.3 Å². The number of carbonyl (C=O) groups is 2. The lowest BCUT2D eigenvalue weighted by atomic mass is 9.78. The lowest BCUT2D eigenvalue weighted by molar-refractivity contribution is 0.00578. The minimum Gasteiger partial charge on any atom is -0.444 e. The molecule has 13 nitrogen and oxygen atoms in total. The van der Waals surface area contributed by atoms with Gasteiger partial charge in [0.1, 0.15) is 22.9 Å². The number of nitrogens with one attached hydrogen (secondary N) is 2. The van der Waals surface area contributed by atoms with Crippen LogP contribution in [0.25, 0.3) is 44.3 Å². The Kier molecular flexibility index (Phi) is 23.7. The second-order valence-electron chi connectivity index (χ2n) is 39.7. The number of aromatic amines is 2. The average Bonchev–Trinajstić information content (AvgIpc) is 1.62. The summed E-state index contributed by atoms with van der Waals surface area (Å²) in [4.78, 5) is 54.1. The van der Waals surface area contributed by atoms with E-state index in [4.69, 9.17) is 33.7 Å². The lowest BCUT2D eigenvalue weighted by Gasteiger charge is -2.35. The fraction of sp³-hybridized carbons (Fsp3) is 0.539. The summed E-state index contributed by atoms with van der Waals surface area (Å²) in [7, 11) is -0.401. The van der Waals surface area contributed by atoms with Crippen molar-refractivity contribution in [2.24, 2.45) is 28.7 Å². The van der Waals surface area contributed by atoms with E-state index in [0.29, 0.717) is 17.8 Å². The maximum absolute atomic E-state index is 13.7. The van der Waals surface area contributed by atoms with Crippen LogP contribution < -0.4 is 5.46 Å². The van der Waals surface area contributed by atoms with Gasteiger partial charge in [-0.15, -0.1) is 0 Å². The summed E-state index contributed by atoms with van der Waals surface area (Å²) in [5, 5.41) is 0. The molecule has 4 saturated carbocycles. The van der Waals surface area contributed by atoms with Gasteiger partial charge in [0.05, 0.1) is 51.0 Å². The third kappa shape index (κ3) is 18.1. The monoisotopic (exact) mass is 1640 g/mol. The van der Waals surface area contributed by atoms with Gasteiger partial charge in [0.25, 0.3) is 0 Å². The fourth-order valence-corrected chi connectivity index (χ4v) is 22.4. The van der Waals surface area contributed by atoms with Crippen LogP contribution in [0.1, 0.15) is 290 Å². The summed E-state index contributed by atoms with van der Waals surface area (Å²) in [5.74, 6) is 5.56. The number of carbonyl (C=O) groups excluding carboxylic acids is 2. The van der Waals surface area contributed by atoms with Crippen molar-refractivity contribution in [3.8, 4) is 22.3 Å². The molecule has 9 aromatic rings. The number of hydrogen-bond acceptors (Lipinski definition) is 9. The fourth-order valence-electron chi connectivity index (χ4n) is 21.8. The topological polar surface area (TPSA) is 147 Å². The third-order valence-corrected chi connectivity index (χ3v) is 29.4. The second kappa shape index (κ2) is 34.0. The first-order valence-corrected chi connectivity index (χ1v) is 46.2. The Hall–Kier alpha value is -7.85. The molecule has 7 fully saturated rings. The highest BCUT2D eigenvalue weighted by atomic mass is 79.9. The molecular formula is C102H127BBrN7O6. The van der Waals surface area contributed by atoms with Crippen molar-refractivity contribution in [3.63, 3.8) is 0 Å². The summed E-state index contributed by atoms with van der Waals surface area (Å²) in [6.45, 7) is 22.2. The van der Waals surface area contributed by atoms with Gasteiger partial charge < -0.3 is 28.8 Å². The van der Waals surface area contributed by atoms with Crippen molar-refractivity contribution in [1.29, 1.82) is 0 Å². The number of likely N-dealkylation sites (tertiary alicyclic amines) is 2. The predicted octanol–water partition coefficient (Wildman–Crippen LogP) is 24.7. The molecule has 25 rings (SSSR count). The van der Waals surface area contributed by atoms with Crippen LogP contribution in [0.5, 0.6) is 0 Å². The molecule has 1 unspecified atom stereocenters. The van der Waals surface area contributed by atoms with E-state index in [2.05, 4.69) is 188 Å². The minimum atomic E-state index is -0.539. The highest BCUT2D eigenvalue weighted by Crippen LogP contribution is 2.51. The number of hydrogen-bond donors (Lipinski definition) is 2. The van der Waals surface area contributed by atoms with Crippen molar-refractivity contribution in [2.45, 2.75) is 328 Å². The van der Waals surface area contributed by atoms with Crippen molar-refractivity contribution < 1.29 is 28.4 Å². The number of rotatable bonds is 6. The summed E-state index contributed by atoms with van der Waals surface area (Å²) in [6.07, 6.45) is 35.9. The zero-order chi connectivity index (χ0) is 81.1. The summed E-state index contributed by atoms with van der Waals surface area (Å²) >= 11 is 3.73. The molecule has 12 aliphatic carbocycles. The van der Waals surface area contributed by atoms with Crippen LogP contribution in [0.2, 0.25) is 0 Å². The van der Waals surface area contributed by atoms with E-state index in [9.17, 15) is 9.59 Å². The van der Waals surface area contributed by atoms with E-state index < -0.39 is 18.3 Å². The van der Waals surface area contributed by atoms with Gasteiger partial charge in [-0.1, -0.05) is 158 Å². The molecule has 7 aromatic carbocycles. The van der Waals surface area contributed by atoms with Crippen LogP contribution in [-0.2, 0) is 76.6 Å². The number of aryl methyl sites for hydroxylation is 9. The van der Waals surface area contributed by atoms with Crippen LogP contribution in [0, 0.1) is 30.6 Å². The summed E-state index contributed by atoms with van der Waals surface area (Å²) in [6, 6.07) is 49.0. The number of fused-ring (bicyclic) bond motifs is 6. The van der Waals surface area contributed by atoms with Gasteiger partial charge in [0, 0.05) is 34.6 Å². The molecule has 0 radical (unpaired) electrons. The zero-order valence-electron chi connectivity index (χ0n) is 71.9. The van der Waals surface area contributed by atoms with E-state index in [1.165, 1.54) is 196 Å². The van der Waals surface area contributed by atoms with Crippen LogP contribution in [-0.4, -0.2) is 95.3 Å². The van der Waals surface area contributed by atoms with E-state index in [-0.39, 0.29) is 47.6 Å². The summed E-state index contributed by atoms with van der Waals surface area (Å²) < 4.78 is 25.7. The number of benzene rings is 7. The second-order valence-corrected chi connectivity index (χ2v) is 40.6. The van der Waals surface area contributed by atoms with Crippen LogP contribution in [0.3, 0.4) is 0 Å². The summed E-state index contributed by atoms with van der Waals surface area (Å²) in [5.41, 5.74) is 25.1. The molecule has 6 heterocycles. The third-order valence-electron chi connectivity index (χ3n) is 28.6. The normalized spacial score (nSPS) is 24.9. The van der Waals surface area contributed by atoms with E-state index >= 15 is 0 Å². The number of amides is 2. The molecule has 9 atom stereocenters. The zero-order valence-corrected chi connectivity index (χ0v) is 73.5. The van der Waals surface area contributed by atoms with E-state index in [0.717, 1.165) is 147 Å². The number of aromatic nitrogens is 4. The average molecular weight is 1640 g/mol. The quantitative estimate of drug-likeness (QED) is 0.156. The van der Waals surface area contributed by atoms with E-state index in [1.807, 2.05) is 51.3 Å². The van der Waals surface area contributed by atoms with Crippen LogP contribution >= 0.6 is 15.9 Å². The first-order valence-electron chi connectivity index (χ1n) is 45.4. The van der Waals surface area contributed by atoms with Gasteiger partial charge >= 0.3 is 19.3 Å². The largest absolute Gasteiger partial charge is 0.494 e.